The van der Waals surface area contributed by atoms with Gasteiger partial charge in [0.1, 0.15) is 22.3 Å². The van der Waals surface area contributed by atoms with Gasteiger partial charge < -0.3 is 8.83 Å². The van der Waals surface area contributed by atoms with Crippen molar-refractivity contribution in [2.75, 3.05) is 0 Å². The standard InChI is InChI=1S/C95H58O2/c1-95(2)85-53-60(57-20-15-21-63(47-57)89-71-23-7-11-27-75(71)92(76-28-12-8-24-72(76)89)66-40-45-86-83(52-66)84-49-58-18-3-4-19-59(58)54-88(84)96-86)38-43-70(85)79-32-16-31-69(93(79)95)62-36-34-56-37-44-80-82-51-65(41-46-87(82)97-94(80)81(56)50-62)91-77-29-13-9-25-73(77)90(74-26-10-14-30-78(74)91)64-39-42-68-61(48-64)35-33-55-17-5-6-22-67(55)68/h3-54H,1-2H3. The van der Waals surface area contributed by atoms with E-state index >= 15 is 0 Å². The van der Waals surface area contributed by atoms with Gasteiger partial charge in [0.05, 0.1) is 0 Å². The highest BCUT2D eigenvalue weighted by atomic mass is 16.3. The van der Waals surface area contributed by atoms with Gasteiger partial charge in [0.15, 0.2) is 0 Å². The van der Waals surface area contributed by atoms with Crippen molar-refractivity contribution in [3.05, 3.63) is 327 Å². The van der Waals surface area contributed by atoms with Crippen molar-refractivity contribution in [1.82, 2.24) is 0 Å². The molecule has 1 aliphatic carbocycles. The van der Waals surface area contributed by atoms with E-state index in [-0.39, 0.29) is 5.41 Å². The molecule has 0 radical (unpaired) electrons. The van der Waals surface area contributed by atoms with Crippen LogP contribution in [0.25, 0.3) is 208 Å². The normalized spacial score (nSPS) is 12.9. The van der Waals surface area contributed by atoms with E-state index in [2.05, 4.69) is 329 Å². The fourth-order valence-corrected chi connectivity index (χ4v) is 17.3. The van der Waals surface area contributed by atoms with Crippen LogP contribution >= 0.6 is 0 Å². The van der Waals surface area contributed by atoms with E-state index < -0.39 is 0 Å². The monoisotopic (exact) mass is 1230 g/mol. The molecule has 0 atom stereocenters. The highest BCUT2D eigenvalue weighted by Gasteiger charge is 2.38. The van der Waals surface area contributed by atoms with Crippen LogP contribution in [0.4, 0.5) is 0 Å². The summed E-state index contributed by atoms with van der Waals surface area (Å²) in [6.45, 7) is 4.83. The SMILES string of the molecule is CC1(C)c2cc(-c3cccc(-c4c5ccccc5c(-c5ccc6oc7cc8ccccc8cc7c6c5)c5ccccc45)c3)ccc2-c2cccc(-c3ccc4ccc5c6cc(-c7c8ccccc8c(-c8ccc9c(ccc%10ccccc%109)c8)c8ccccc78)ccc6oc5c4c3)c21. The van der Waals surface area contributed by atoms with Crippen LogP contribution in [-0.4, -0.2) is 0 Å². The molecule has 0 aliphatic heterocycles. The van der Waals surface area contributed by atoms with Gasteiger partial charge in [0.2, 0.25) is 0 Å². The molecule has 20 aromatic rings. The predicted octanol–water partition coefficient (Wildman–Crippen LogP) is 27.0. The molecule has 2 heterocycles. The third-order valence-electron chi connectivity index (χ3n) is 21.7. The summed E-state index contributed by atoms with van der Waals surface area (Å²) in [5.41, 5.74) is 23.1. The molecule has 0 saturated carbocycles. The summed E-state index contributed by atoms with van der Waals surface area (Å²) in [5.74, 6) is 0. The number of rotatable bonds is 6. The fraction of sp³-hybridized carbons (Fsp3) is 0.0316. The summed E-state index contributed by atoms with van der Waals surface area (Å²) >= 11 is 0. The minimum atomic E-state index is -0.301. The van der Waals surface area contributed by atoms with Gasteiger partial charge in [-0.3, -0.25) is 0 Å². The molecule has 1 aliphatic rings. The second-order valence-corrected chi connectivity index (χ2v) is 27.3. The first kappa shape index (κ1) is 54.1. The van der Waals surface area contributed by atoms with Crippen molar-refractivity contribution in [3.63, 3.8) is 0 Å². The Hall–Kier alpha value is -12.4. The van der Waals surface area contributed by atoms with Crippen molar-refractivity contribution in [2.45, 2.75) is 19.3 Å². The predicted molar refractivity (Wildman–Crippen MR) is 411 cm³/mol. The highest BCUT2D eigenvalue weighted by molar-refractivity contribution is 6.25. The molecule has 2 aromatic heterocycles. The minimum absolute atomic E-state index is 0.301. The lowest BCUT2D eigenvalue weighted by atomic mass is 9.78. The largest absolute Gasteiger partial charge is 0.456 e. The van der Waals surface area contributed by atoms with Crippen LogP contribution in [0, 0.1) is 0 Å². The summed E-state index contributed by atoms with van der Waals surface area (Å²) in [4.78, 5) is 0. The minimum Gasteiger partial charge on any atom is -0.456 e. The summed E-state index contributed by atoms with van der Waals surface area (Å²) < 4.78 is 13.5. The van der Waals surface area contributed by atoms with Crippen molar-refractivity contribution >= 4 is 130 Å². The second kappa shape index (κ2) is 20.3. The Morgan fingerprint density at radius 2 is 0.619 bits per heavy atom. The van der Waals surface area contributed by atoms with E-state index in [1.165, 1.54) is 164 Å². The smallest absolute Gasteiger partial charge is 0.143 e. The average molecular weight is 1230 g/mol. The van der Waals surface area contributed by atoms with Gasteiger partial charge in [0.25, 0.3) is 0 Å². The number of furan rings is 2. The first-order chi connectivity index (χ1) is 47.8. The zero-order chi connectivity index (χ0) is 63.8. The third-order valence-corrected chi connectivity index (χ3v) is 21.7. The Kier molecular flexibility index (Phi) is 11.3. The van der Waals surface area contributed by atoms with Crippen LogP contribution in [0.2, 0.25) is 0 Å². The summed E-state index contributed by atoms with van der Waals surface area (Å²) in [5, 5.41) is 24.0. The zero-order valence-electron chi connectivity index (χ0n) is 53.3. The average Bonchev–Trinajstić information content (AvgIpc) is 1.58. The Labute approximate surface area is 559 Å². The third kappa shape index (κ3) is 7.96. The van der Waals surface area contributed by atoms with E-state index in [1.54, 1.807) is 0 Å². The lowest BCUT2D eigenvalue weighted by molar-refractivity contribution is 0.662. The molecule has 97 heavy (non-hydrogen) atoms. The first-order valence-electron chi connectivity index (χ1n) is 33.8. The number of fused-ring (bicyclic) bond motifs is 19. The topological polar surface area (TPSA) is 26.3 Å². The molecule has 18 aromatic carbocycles. The molecule has 0 unspecified atom stereocenters. The van der Waals surface area contributed by atoms with Crippen molar-refractivity contribution in [1.29, 1.82) is 0 Å². The van der Waals surface area contributed by atoms with Crippen LogP contribution in [0.1, 0.15) is 25.0 Å². The van der Waals surface area contributed by atoms with Crippen molar-refractivity contribution in [3.8, 4) is 77.9 Å². The van der Waals surface area contributed by atoms with E-state index in [1.807, 2.05) is 0 Å². The molecule has 0 fully saturated rings. The maximum Gasteiger partial charge on any atom is 0.143 e. The Morgan fingerprint density at radius 3 is 1.27 bits per heavy atom. The van der Waals surface area contributed by atoms with Gasteiger partial charge in [0, 0.05) is 32.3 Å². The number of hydrogen-bond acceptors (Lipinski definition) is 2. The van der Waals surface area contributed by atoms with Gasteiger partial charge in [-0.1, -0.05) is 263 Å². The van der Waals surface area contributed by atoms with Crippen LogP contribution in [-0.2, 0) is 5.41 Å². The quantitative estimate of drug-likeness (QED) is 0.123. The van der Waals surface area contributed by atoms with Crippen LogP contribution < -0.4 is 0 Å². The van der Waals surface area contributed by atoms with Crippen LogP contribution in [0.15, 0.2) is 324 Å². The van der Waals surface area contributed by atoms with E-state index in [9.17, 15) is 0 Å². The molecular formula is C95H58O2. The zero-order valence-corrected chi connectivity index (χ0v) is 53.3. The second-order valence-electron chi connectivity index (χ2n) is 27.3. The number of hydrogen-bond donors (Lipinski definition) is 0. The Morgan fingerprint density at radius 1 is 0.206 bits per heavy atom. The number of benzene rings is 18. The van der Waals surface area contributed by atoms with Crippen LogP contribution in [0.5, 0.6) is 0 Å². The molecule has 450 valence electrons. The van der Waals surface area contributed by atoms with Crippen molar-refractivity contribution < 1.29 is 8.83 Å². The van der Waals surface area contributed by atoms with Crippen LogP contribution in [0.3, 0.4) is 0 Å². The fourth-order valence-electron chi connectivity index (χ4n) is 17.3. The lowest BCUT2D eigenvalue weighted by Gasteiger charge is -2.25. The van der Waals surface area contributed by atoms with Gasteiger partial charge in [-0.05, 0) is 237 Å². The summed E-state index contributed by atoms with van der Waals surface area (Å²) in [7, 11) is 0. The first-order valence-corrected chi connectivity index (χ1v) is 33.8. The molecule has 2 nitrogen and oxygen atoms in total. The Bertz CT molecular complexity index is 6730. The highest BCUT2D eigenvalue weighted by Crippen LogP contribution is 2.55. The van der Waals surface area contributed by atoms with Crippen molar-refractivity contribution in [2.24, 2.45) is 0 Å². The summed E-state index contributed by atoms with van der Waals surface area (Å²) in [6, 6.07) is 117. The maximum absolute atomic E-state index is 7.03. The van der Waals surface area contributed by atoms with Gasteiger partial charge in [-0.2, -0.15) is 0 Å². The maximum atomic E-state index is 7.03. The molecule has 0 saturated heterocycles. The molecule has 0 spiro atoms. The molecule has 21 rings (SSSR count). The van der Waals surface area contributed by atoms with E-state index in [4.69, 9.17) is 8.83 Å². The molecule has 0 N–H and O–H groups in total. The molecular weight excluding hydrogens is 1170 g/mol. The van der Waals surface area contributed by atoms with E-state index in [0.29, 0.717) is 0 Å². The molecule has 0 amide bonds. The molecule has 2 heteroatoms. The molecule has 0 bridgehead atoms. The van der Waals surface area contributed by atoms with Gasteiger partial charge >= 0.3 is 0 Å². The summed E-state index contributed by atoms with van der Waals surface area (Å²) in [6.07, 6.45) is 0. The van der Waals surface area contributed by atoms with E-state index in [0.717, 1.165) is 54.6 Å². The lowest BCUT2D eigenvalue weighted by Crippen LogP contribution is -2.16. The Balaban J connectivity index is 0.638. The van der Waals surface area contributed by atoms with Gasteiger partial charge in [-0.15, -0.1) is 0 Å². The van der Waals surface area contributed by atoms with Gasteiger partial charge in [-0.25, -0.2) is 0 Å².